The topological polar surface area (TPSA) is 68.0 Å². The van der Waals surface area contributed by atoms with Gasteiger partial charge >= 0.3 is 5.97 Å². The molecule has 108 valence electrons. The van der Waals surface area contributed by atoms with Gasteiger partial charge in [-0.05, 0) is 42.9 Å². The van der Waals surface area contributed by atoms with E-state index in [-0.39, 0.29) is 5.92 Å². The molecule has 2 aromatic rings. The van der Waals surface area contributed by atoms with E-state index in [1.165, 1.54) is 17.5 Å². The van der Waals surface area contributed by atoms with Gasteiger partial charge in [0.15, 0.2) is 5.82 Å². The van der Waals surface area contributed by atoms with Crippen LogP contribution in [0.5, 0.6) is 0 Å². The summed E-state index contributed by atoms with van der Waals surface area (Å²) in [6, 6.07) is 6.46. The SMILES string of the molecule is O=C(O)C1CCc2nnc(-c3ccc4c(c3)CCC4)n2C1. The first-order valence-corrected chi connectivity index (χ1v) is 7.49. The molecule has 1 atom stereocenters. The standard InChI is InChI=1S/C16H17N3O2/c20-16(21)13-6-7-14-17-18-15(19(14)9-13)12-5-4-10-2-1-3-11(10)8-12/h4-5,8,13H,1-3,6-7,9H2,(H,20,21). The zero-order valence-electron chi connectivity index (χ0n) is 11.7. The van der Waals surface area contributed by atoms with Crippen LogP contribution >= 0.6 is 0 Å². The van der Waals surface area contributed by atoms with Crippen LogP contribution in [0.25, 0.3) is 11.4 Å². The van der Waals surface area contributed by atoms with Gasteiger partial charge in [-0.15, -0.1) is 10.2 Å². The van der Waals surface area contributed by atoms with Gasteiger partial charge in [0.1, 0.15) is 5.82 Å². The Morgan fingerprint density at radius 2 is 2.05 bits per heavy atom. The quantitative estimate of drug-likeness (QED) is 0.916. The number of carbonyl (C=O) groups is 1. The fraction of sp³-hybridized carbons (Fsp3) is 0.438. The zero-order chi connectivity index (χ0) is 14.4. The van der Waals surface area contributed by atoms with E-state index in [1.54, 1.807) is 0 Å². The monoisotopic (exact) mass is 283 g/mol. The molecular formula is C16H17N3O2. The van der Waals surface area contributed by atoms with Gasteiger partial charge in [0.05, 0.1) is 5.92 Å². The van der Waals surface area contributed by atoms with Crippen molar-refractivity contribution in [3.63, 3.8) is 0 Å². The average Bonchev–Trinajstić information content (AvgIpc) is 3.12. The number of aliphatic carboxylic acids is 1. The number of aryl methyl sites for hydroxylation is 3. The summed E-state index contributed by atoms with van der Waals surface area (Å²) in [7, 11) is 0. The van der Waals surface area contributed by atoms with Crippen molar-refractivity contribution in [3.05, 3.63) is 35.2 Å². The van der Waals surface area contributed by atoms with Gasteiger partial charge in [-0.25, -0.2) is 0 Å². The maximum atomic E-state index is 11.2. The molecule has 1 aliphatic carbocycles. The number of fused-ring (bicyclic) bond motifs is 2. The Balaban J connectivity index is 1.74. The first-order valence-electron chi connectivity index (χ1n) is 7.49. The molecule has 0 amide bonds. The second-order valence-electron chi connectivity index (χ2n) is 5.96. The lowest BCUT2D eigenvalue weighted by atomic mass is 9.99. The summed E-state index contributed by atoms with van der Waals surface area (Å²) in [4.78, 5) is 11.2. The molecular weight excluding hydrogens is 266 g/mol. The predicted octanol–water partition coefficient (Wildman–Crippen LogP) is 2.08. The first kappa shape index (κ1) is 12.6. The number of carboxylic acids is 1. The number of hydrogen-bond donors (Lipinski definition) is 1. The third-order valence-corrected chi connectivity index (χ3v) is 4.65. The van der Waals surface area contributed by atoms with Crippen molar-refractivity contribution in [2.75, 3.05) is 0 Å². The second kappa shape index (κ2) is 4.69. The molecule has 0 radical (unpaired) electrons. The van der Waals surface area contributed by atoms with Gasteiger partial charge in [0.25, 0.3) is 0 Å². The summed E-state index contributed by atoms with van der Waals surface area (Å²) < 4.78 is 1.99. The summed E-state index contributed by atoms with van der Waals surface area (Å²) in [5, 5.41) is 17.8. The summed E-state index contributed by atoms with van der Waals surface area (Å²) in [5.41, 5.74) is 3.89. The molecule has 0 fully saturated rings. The number of carboxylic acid groups (broad SMARTS) is 1. The van der Waals surface area contributed by atoms with Crippen molar-refractivity contribution >= 4 is 5.97 Å². The van der Waals surface area contributed by atoms with E-state index < -0.39 is 5.97 Å². The van der Waals surface area contributed by atoms with Gasteiger partial charge in [0, 0.05) is 18.5 Å². The van der Waals surface area contributed by atoms with E-state index in [2.05, 4.69) is 28.4 Å². The number of rotatable bonds is 2. The van der Waals surface area contributed by atoms with Crippen LogP contribution in [0.2, 0.25) is 0 Å². The minimum Gasteiger partial charge on any atom is -0.481 e. The molecule has 1 unspecified atom stereocenters. The van der Waals surface area contributed by atoms with Crippen molar-refractivity contribution in [1.82, 2.24) is 14.8 Å². The molecule has 21 heavy (non-hydrogen) atoms. The fourth-order valence-corrected chi connectivity index (χ4v) is 3.45. The number of benzene rings is 1. The first-order chi connectivity index (χ1) is 10.2. The molecule has 0 bridgehead atoms. The van der Waals surface area contributed by atoms with E-state index in [0.29, 0.717) is 19.4 Å². The number of aromatic nitrogens is 3. The van der Waals surface area contributed by atoms with Crippen LogP contribution in [-0.2, 0) is 30.6 Å². The van der Waals surface area contributed by atoms with Gasteiger partial charge in [-0.1, -0.05) is 12.1 Å². The van der Waals surface area contributed by atoms with Crippen LogP contribution in [0, 0.1) is 5.92 Å². The van der Waals surface area contributed by atoms with Crippen LogP contribution in [-0.4, -0.2) is 25.8 Å². The van der Waals surface area contributed by atoms with E-state index >= 15 is 0 Å². The molecule has 1 aliphatic heterocycles. The zero-order valence-corrected chi connectivity index (χ0v) is 11.7. The minimum atomic E-state index is -0.728. The van der Waals surface area contributed by atoms with Crippen LogP contribution in [0.3, 0.4) is 0 Å². The fourth-order valence-electron chi connectivity index (χ4n) is 3.45. The van der Waals surface area contributed by atoms with Crippen LogP contribution in [0.4, 0.5) is 0 Å². The van der Waals surface area contributed by atoms with Crippen LogP contribution in [0.1, 0.15) is 29.8 Å². The smallest absolute Gasteiger partial charge is 0.308 e. The lowest BCUT2D eigenvalue weighted by molar-refractivity contribution is -0.142. The Labute approximate surface area is 122 Å². The Kier molecular flexibility index (Phi) is 2.80. The second-order valence-corrected chi connectivity index (χ2v) is 5.96. The van der Waals surface area contributed by atoms with E-state index in [0.717, 1.165) is 30.1 Å². The molecule has 1 aromatic heterocycles. The normalized spacial score (nSPS) is 20.1. The van der Waals surface area contributed by atoms with E-state index in [1.807, 2.05) is 4.57 Å². The van der Waals surface area contributed by atoms with Crippen LogP contribution in [0.15, 0.2) is 18.2 Å². The molecule has 5 nitrogen and oxygen atoms in total. The maximum Gasteiger partial charge on any atom is 0.308 e. The number of hydrogen-bond acceptors (Lipinski definition) is 3. The Morgan fingerprint density at radius 1 is 1.19 bits per heavy atom. The summed E-state index contributed by atoms with van der Waals surface area (Å²) >= 11 is 0. The predicted molar refractivity (Wildman–Crippen MR) is 76.9 cm³/mol. The van der Waals surface area contributed by atoms with Crippen molar-refractivity contribution < 1.29 is 9.90 Å². The molecule has 2 aliphatic rings. The molecule has 1 aromatic carbocycles. The van der Waals surface area contributed by atoms with Gasteiger partial charge in [-0.2, -0.15) is 0 Å². The maximum absolute atomic E-state index is 11.2. The highest BCUT2D eigenvalue weighted by atomic mass is 16.4. The van der Waals surface area contributed by atoms with Gasteiger partial charge < -0.3 is 9.67 Å². The van der Waals surface area contributed by atoms with E-state index in [9.17, 15) is 9.90 Å². The molecule has 1 N–H and O–H groups in total. The highest BCUT2D eigenvalue weighted by Crippen LogP contribution is 2.30. The third-order valence-electron chi connectivity index (χ3n) is 4.65. The molecule has 2 heterocycles. The third kappa shape index (κ3) is 2.04. The summed E-state index contributed by atoms with van der Waals surface area (Å²) in [5.74, 6) is 0.657. The van der Waals surface area contributed by atoms with Gasteiger partial charge in [0.2, 0.25) is 0 Å². The lowest BCUT2D eigenvalue weighted by Gasteiger charge is -2.21. The Hall–Kier alpha value is -2.17. The van der Waals surface area contributed by atoms with Crippen molar-refractivity contribution in [2.24, 2.45) is 5.92 Å². The van der Waals surface area contributed by atoms with E-state index in [4.69, 9.17) is 0 Å². The average molecular weight is 283 g/mol. The lowest BCUT2D eigenvalue weighted by Crippen LogP contribution is -2.27. The summed E-state index contributed by atoms with van der Waals surface area (Å²) in [6.45, 7) is 0.476. The number of nitrogens with zero attached hydrogens (tertiary/aromatic N) is 3. The van der Waals surface area contributed by atoms with Crippen LogP contribution < -0.4 is 0 Å². The van der Waals surface area contributed by atoms with Crippen molar-refractivity contribution in [2.45, 2.75) is 38.6 Å². The molecule has 4 rings (SSSR count). The Morgan fingerprint density at radius 3 is 2.90 bits per heavy atom. The minimum absolute atomic E-state index is 0.332. The highest BCUT2D eigenvalue weighted by molar-refractivity contribution is 5.70. The molecule has 0 saturated carbocycles. The Bertz CT molecular complexity index is 720. The molecule has 0 spiro atoms. The van der Waals surface area contributed by atoms with Crippen molar-refractivity contribution in [1.29, 1.82) is 0 Å². The van der Waals surface area contributed by atoms with Crippen molar-refractivity contribution in [3.8, 4) is 11.4 Å². The highest BCUT2D eigenvalue weighted by Gasteiger charge is 2.28. The molecule has 5 heteroatoms. The van der Waals surface area contributed by atoms with Gasteiger partial charge in [-0.3, -0.25) is 4.79 Å². The molecule has 0 saturated heterocycles. The largest absolute Gasteiger partial charge is 0.481 e. The summed E-state index contributed by atoms with van der Waals surface area (Å²) in [6.07, 6.45) is 4.85.